The van der Waals surface area contributed by atoms with Gasteiger partial charge in [0.25, 0.3) is 0 Å². The molecule has 5 heteroatoms. The molecular weight excluding hydrogens is 295 g/mol. The molecule has 1 aromatic carbocycles. The monoisotopic (exact) mass is 317 g/mol. The second kappa shape index (κ2) is 7.05. The number of hydrogen-bond acceptors (Lipinski definition) is 2. The number of alkyl halides is 3. The summed E-state index contributed by atoms with van der Waals surface area (Å²) in [5.74, 6) is 1.53. The predicted octanol–water partition coefficient (Wildman–Crippen LogP) is 5.21. The van der Waals surface area contributed by atoms with Gasteiger partial charge in [-0.05, 0) is 60.6 Å². The van der Waals surface area contributed by atoms with E-state index in [0.717, 1.165) is 23.9 Å². The van der Waals surface area contributed by atoms with Crippen LogP contribution in [0.2, 0.25) is 0 Å². The molecule has 2 rings (SSSR count). The smallest absolute Gasteiger partial charge is 0.310 e. The molecule has 1 fully saturated rings. The van der Waals surface area contributed by atoms with E-state index in [0.29, 0.717) is 6.04 Å². The van der Waals surface area contributed by atoms with Gasteiger partial charge in [0.1, 0.15) is 0 Å². The maximum atomic E-state index is 12.3. The van der Waals surface area contributed by atoms with E-state index < -0.39 is 5.51 Å². The van der Waals surface area contributed by atoms with Crippen molar-refractivity contribution in [3.8, 4) is 0 Å². The molecule has 0 aromatic heterocycles. The Bertz CT molecular complexity index is 444. The summed E-state index contributed by atoms with van der Waals surface area (Å²) in [5, 5.41) is 3.53. The van der Waals surface area contributed by atoms with Crippen molar-refractivity contribution in [1.29, 1.82) is 0 Å². The average molecular weight is 317 g/mol. The standard InChI is InChI=1S/C16H22F3NS/c1-11-3-6-14(9-12(11)2)20-10-13-4-7-15(8-5-13)21-16(17,18)19/h4-5,7-8,11-12,14,20H,3,6,9-10H2,1-2H3. The van der Waals surface area contributed by atoms with Gasteiger partial charge in [0, 0.05) is 17.5 Å². The van der Waals surface area contributed by atoms with Crippen LogP contribution in [0.15, 0.2) is 29.2 Å². The van der Waals surface area contributed by atoms with Crippen LogP contribution in [-0.2, 0) is 6.54 Å². The molecule has 1 nitrogen and oxygen atoms in total. The molecule has 0 amide bonds. The Morgan fingerprint density at radius 2 is 1.76 bits per heavy atom. The lowest BCUT2D eigenvalue weighted by atomic mass is 9.79. The molecule has 1 N–H and O–H groups in total. The van der Waals surface area contributed by atoms with Gasteiger partial charge in [-0.1, -0.05) is 26.0 Å². The number of hydrogen-bond donors (Lipinski definition) is 1. The van der Waals surface area contributed by atoms with Crippen LogP contribution in [0.3, 0.4) is 0 Å². The molecule has 21 heavy (non-hydrogen) atoms. The molecule has 3 unspecified atom stereocenters. The molecule has 0 bridgehead atoms. The summed E-state index contributed by atoms with van der Waals surface area (Å²) in [6.07, 6.45) is 3.62. The Balaban J connectivity index is 1.81. The third kappa shape index (κ3) is 5.55. The van der Waals surface area contributed by atoms with Crippen LogP contribution < -0.4 is 5.32 Å². The van der Waals surface area contributed by atoms with E-state index in [1.165, 1.54) is 19.3 Å². The van der Waals surface area contributed by atoms with E-state index in [4.69, 9.17) is 0 Å². The van der Waals surface area contributed by atoms with E-state index >= 15 is 0 Å². The highest BCUT2D eigenvalue weighted by Gasteiger charge is 2.29. The predicted molar refractivity (Wildman–Crippen MR) is 81.2 cm³/mol. The lowest BCUT2D eigenvalue weighted by Crippen LogP contribution is -2.35. The normalized spacial score (nSPS) is 26.8. The van der Waals surface area contributed by atoms with Crippen molar-refractivity contribution < 1.29 is 13.2 Å². The van der Waals surface area contributed by atoms with E-state index in [-0.39, 0.29) is 16.7 Å². The maximum absolute atomic E-state index is 12.3. The molecule has 0 heterocycles. The summed E-state index contributed by atoms with van der Waals surface area (Å²) in [6, 6.07) is 7.16. The van der Waals surface area contributed by atoms with Crippen molar-refractivity contribution in [3.63, 3.8) is 0 Å². The quantitative estimate of drug-likeness (QED) is 0.765. The summed E-state index contributed by atoms with van der Waals surface area (Å²) < 4.78 is 36.8. The molecule has 1 saturated carbocycles. The fraction of sp³-hybridized carbons (Fsp3) is 0.625. The van der Waals surface area contributed by atoms with E-state index in [1.807, 2.05) is 0 Å². The van der Waals surface area contributed by atoms with Gasteiger partial charge in [0.05, 0.1) is 0 Å². The van der Waals surface area contributed by atoms with Crippen molar-refractivity contribution in [2.24, 2.45) is 11.8 Å². The van der Waals surface area contributed by atoms with Crippen LogP contribution >= 0.6 is 11.8 Å². The Hall–Kier alpha value is -0.680. The van der Waals surface area contributed by atoms with Gasteiger partial charge in [-0.15, -0.1) is 0 Å². The van der Waals surface area contributed by atoms with Crippen LogP contribution in [0.5, 0.6) is 0 Å². The summed E-state index contributed by atoms with van der Waals surface area (Å²) in [5.41, 5.74) is -3.18. The zero-order chi connectivity index (χ0) is 15.5. The van der Waals surface area contributed by atoms with Crippen LogP contribution in [0.4, 0.5) is 13.2 Å². The first-order chi connectivity index (χ1) is 9.83. The topological polar surface area (TPSA) is 12.0 Å². The molecule has 118 valence electrons. The highest BCUT2D eigenvalue weighted by Crippen LogP contribution is 2.36. The molecule has 1 aliphatic rings. The second-order valence-electron chi connectivity index (χ2n) is 6.04. The molecule has 0 spiro atoms. The average Bonchev–Trinajstić information content (AvgIpc) is 2.40. The minimum absolute atomic E-state index is 0.0643. The summed E-state index contributed by atoms with van der Waals surface area (Å²) in [6.45, 7) is 5.32. The van der Waals surface area contributed by atoms with Crippen LogP contribution in [0.25, 0.3) is 0 Å². The maximum Gasteiger partial charge on any atom is 0.446 e. The molecule has 0 aliphatic heterocycles. The van der Waals surface area contributed by atoms with Crippen LogP contribution in [0.1, 0.15) is 38.7 Å². The summed E-state index contributed by atoms with van der Waals surface area (Å²) in [4.78, 5) is 0.242. The molecule has 1 aliphatic carbocycles. The van der Waals surface area contributed by atoms with Crippen molar-refractivity contribution in [1.82, 2.24) is 5.32 Å². The van der Waals surface area contributed by atoms with Crippen LogP contribution in [0, 0.1) is 11.8 Å². The fourth-order valence-corrected chi connectivity index (χ4v) is 3.34. The van der Waals surface area contributed by atoms with Crippen molar-refractivity contribution in [2.75, 3.05) is 0 Å². The SMILES string of the molecule is CC1CCC(NCc2ccc(SC(F)(F)F)cc2)CC1C. The van der Waals surface area contributed by atoms with Crippen LogP contribution in [-0.4, -0.2) is 11.6 Å². The van der Waals surface area contributed by atoms with Gasteiger partial charge < -0.3 is 5.32 Å². The highest BCUT2D eigenvalue weighted by atomic mass is 32.2. The molecular formula is C16H22F3NS. The van der Waals surface area contributed by atoms with Crippen molar-refractivity contribution in [3.05, 3.63) is 29.8 Å². The van der Waals surface area contributed by atoms with Gasteiger partial charge >= 0.3 is 5.51 Å². The third-order valence-electron chi connectivity index (χ3n) is 4.35. The molecule has 1 aromatic rings. The van der Waals surface area contributed by atoms with Gasteiger partial charge in [0.2, 0.25) is 0 Å². The Kier molecular flexibility index (Phi) is 5.60. The van der Waals surface area contributed by atoms with Gasteiger partial charge in [-0.2, -0.15) is 13.2 Å². The summed E-state index contributed by atoms with van der Waals surface area (Å²) in [7, 11) is 0. The molecule has 3 atom stereocenters. The highest BCUT2D eigenvalue weighted by molar-refractivity contribution is 8.00. The second-order valence-corrected chi connectivity index (χ2v) is 7.18. The number of halogens is 3. The zero-order valence-electron chi connectivity index (χ0n) is 12.4. The Morgan fingerprint density at radius 3 is 2.33 bits per heavy atom. The number of thioether (sulfide) groups is 1. The van der Waals surface area contributed by atoms with E-state index in [1.54, 1.807) is 24.3 Å². The minimum Gasteiger partial charge on any atom is -0.310 e. The van der Waals surface area contributed by atoms with E-state index in [2.05, 4.69) is 19.2 Å². The molecule has 0 radical (unpaired) electrons. The fourth-order valence-electron chi connectivity index (χ4n) is 2.80. The third-order valence-corrected chi connectivity index (χ3v) is 5.09. The van der Waals surface area contributed by atoms with Crippen molar-refractivity contribution >= 4 is 11.8 Å². The van der Waals surface area contributed by atoms with Crippen molar-refractivity contribution in [2.45, 2.75) is 56.1 Å². The zero-order valence-corrected chi connectivity index (χ0v) is 13.2. The molecule has 0 saturated heterocycles. The number of rotatable bonds is 4. The lowest BCUT2D eigenvalue weighted by molar-refractivity contribution is -0.0328. The number of benzene rings is 1. The van der Waals surface area contributed by atoms with Gasteiger partial charge in [-0.3, -0.25) is 0 Å². The first kappa shape index (κ1) is 16.7. The largest absolute Gasteiger partial charge is 0.446 e. The number of nitrogens with one attached hydrogen (secondary N) is 1. The van der Waals surface area contributed by atoms with Gasteiger partial charge in [-0.25, -0.2) is 0 Å². The van der Waals surface area contributed by atoms with Gasteiger partial charge in [0.15, 0.2) is 0 Å². The first-order valence-corrected chi connectivity index (χ1v) is 8.23. The van der Waals surface area contributed by atoms with E-state index in [9.17, 15) is 13.2 Å². The first-order valence-electron chi connectivity index (χ1n) is 7.41. The Labute approximate surface area is 128 Å². The minimum atomic E-state index is -4.21. The summed E-state index contributed by atoms with van der Waals surface area (Å²) >= 11 is -0.0643. The lowest BCUT2D eigenvalue weighted by Gasteiger charge is -2.32. The Morgan fingerprint density at radius 1 is 1.10 bits per heavy atom.